The number of carboxylic acids is 1. The van der Waals surface area contributed by atoms with Gasteiger partial charge in [0.05, 0.1) is 12.1 Å². The van der Waals surface area contributed by atoms with Crippen molar-refractivity contribution in [2.75, 3.05) is 13.6 Å². The second kappa shape index (κ2) is 4.99. The Kier molecular flexibility index (Phi) is 3.67. The summed E-state index contributed by atoms with van der Waals surface area (Å²) in [4.78, 5) is 23.8. The lowest BCUT2D eigenvalue weighted by Crippen LogP contribution is -2.27. The van der Waals surface area contributed by atoms with E-state index in [1.54, 1.807) is 13.1 Å². The SMILES string of the molecule is C#CCN(C)C(=O)c1cccc(C(=O)O)c1. The van der Waals surface area contributed by atoms with E-state index in [4.69, 9.17) is 11.5 Å². The summed E-state index contributed by atoms with van der Waals surface area (Å²) in [5, 5.41) is 8.78. The second-order valence-corrected chi connectivity index (χ2v) is 3.25. The molecule has 0 atom stereocenters. The van der Waals surface area contributed by atoms with Crippen molar-refractivity contribution in [1.29, 1.82) is 0 Å². The van der Waals surface area contributed by atoms with E-state index in [1.165, 1.54) is 23.1 Å². The molecule has 82 valence electrons. The maximum Gasteiger partial charge on any atom is 0.335 e. The minimum atomic E-state index is -1.06. The highest BCUT2D eigenvalue weighted by Crippen LogP contribution is 2.07. The molecule has 0 saturated carbocycles. The molecule has 0 bridgehead atoms. The second-order valence-electron chi connectivity index (χ2n) is 3.25. The summed E-state index contributed by atoms with van der Waals surface area (Å²) in [5.41, 5.74) is 0.401. The minimum absolute atomic E-state index is 0.0833. The molecule has 0 aromatic heterocycles. The van der Waals surface area contributed by atoms with Gasteiger partial charge in [-0.25, -0.2) is 4.79 Å². The first kappa shape index (κ1) is 11.8. The van der Waals surface area contributed by atoms with E-state index >= 15 is 0 Å². The Morgan fingerprint density at radius 1 is 1.44 bits per heavy atom. The number of carbonyl (C=O) groups is 2. The highest BCUT2D eigenvalue weighted by molar-refractivity contribution is 5.97. The van der Waals surface area contributed by atoms with Gasteiger partial charge in [0.1, 0.15) is 0 Å². The number of hydrogen-bond donors (Lipinski definition) is 1. The molecule has 4 nitrogen and oxygen atoms in total. The van der Waals surface area contributed by atoms with E-state index < -0.39 is 5.97 Å². The van der Waals surface area contributed by atoms with Crippen LogP contribution in [0.5, 0.6) is 0 Å². The van der Waals surface area contributed by atoms with Crippen molar-refractivity contribution < 1.29 is 14.7 Å². The van der Waals surface area contributed by atoms with Gasteiger partial charge in [0.25, 0.3) is 5.91 Å². The molecule has 0 aliphatic carbocycles. The number of amides is 1. The third-order valence-corrected chi connectivity index (χ3v) is 2.03. The summed E-state index contributed by atoms with van der Waals surface area (Å²) in [7, 11) is 1.57. The molecule has 0 heterocycles. The predicted molar refractivity (Wildman–Crippen MR) is 59.2 cm³/mol. The van der Waals surface area contributed by atoms with Gasteiger partial charge < -0.3 is 10.0 Å². The van der Waals surface area contributed by atoms with Crippen LogP contribution in [0.25, 0.3) is 0 Å². The number of rotatable bonds is 3. The van der Waals surface area contributed by atoms with E-state index in [1.807, 2.05) is 0 Å². The Bertz CT molecular complexity index is 460. The van der Waals surface area contributed by atoms with Crippen LogP contribution in [0.3, 0.4) is 0 Å². The molecule has 0 aliphatic rings. The molecule has 1 rings (SSSR count). The van der Waals surface area contributed by atoms with Gasteiger partial charge in [-0.2, -0.15) is 0 Å². The largest absolute Gasteiger partial charge is 0.478 e. The van der Waals surface area contributed by atoms with Crippen LogP contribution in [0.15, 0.2) is 24.3 Å². The topological polar surface area (TPSA) is 57.6 Å². The molecule has 1 aromatic rings. The van der Waals surface area contributed by atoms with Crippen molar-refractivity contribution in [2.45, 2.75) is 0 Å². The van der Waals surface area contributed by atoms with Crippen molar-refractivity contribution in [3.8, 4) is 12.3 Å². The summed E-state index contributed by atoms with van der Waals surface area (Å²) >= 11 is 0. The number of aromatic carboxylic acids is 1. The third-order valence-electron chi connectivity index (χ3n) is 2.03. The van der Waals surface area contributed by atoms with Crippen LogP contribution in [0.2, 0.25) is 0 Å². The summed E-state index contributed by atoms with van der Waals surface area (Å²) in [6.45, 7) is 0.191. The molecular formula is C12H11NO3. The molecule has 0 unspecified atom stereocenters. The Morgan fingerprint density at radius 3 is 2.62 bits per heavy atom. The Hall–Kier alpha value is -2.28. The van der Waals surface area contributed by atoms with Gasteiger partial charge in [-0.3, -0.25) is 4.79 Å². The van der Waals surface area contributed by atoms with Gasteiger partial charge in [0, 0.05) is 12.6 Å². The number of nitrogens with zero attached hydrogens (tertiary/aromatic N) is 1. The van der Waals surface area contributed by atoms with Crippen LogP contribution >= 0.6 is 0 Å². The lowest BCUT2D eigenvalue weighted by atomic mass is 10.1. The van der Waals surface area contributed by atoms with E-state index in [0.717, 1.165) is 0 Å². The normalized spacial score (nSPS) is 9.25. The molecule has 0 spiro atoms. The summed E-state index contributed by atoms with van der Waals surface area (Å²) < 4.78 is 0. The lowest BCUT2D eigenvalue weighted by molar-refractivity contribution is 0.0697. The molecule has 0 fully saturated rings. The first-order chi connectivity index (χ1) is 7.56. The van der Waals surface area contributed by atoms with Crippen LogP contribution < -0.4 is 0 Å². The smallest absolute Gasteiger partial charge is 0.335 e. The van der Waals surface area contributed by atoms with Gasteiger partial charge in [-0.1, -0.05) is 12.0 Å². The maximum atomic E-state index is 11.7. The van der Waals surface area contributed by atoms with E-state index in [0.29, 0.717) is 5.56 Å². The maximum absolute atomic E-state index is 11.7. The lowest BCUT2D eigenvalue weighted by Gasteiger charge is -2.13. The van der Waals surface area contributed by atoms with Crippen molar-refractivity contribution in [3.63, 3.8) is 0 Å². The molecule has 4 heteroatoms. The Morgan fingerprint density at radius 2 is 2.06 bits per heavy atom. The summed E-state index contributed by atoms with van der Waals surface area (Å²) in [6.07, 6.45) is 5.09. The van der Waals surface area contributed by atoms with E-state index in [-0.39, 0.29) is 18.0 Å². The van der Waals surface area contributed by atoms with Crippen LogP contribution in [0, 0.1) is 12.3 Å². The molecule has 0 saturated heterocycles. The van der Waals surface area contributed by atoms with Crippen molar-refractivity contribution in [2.24, 2.45) is 0 Å². The van der Waals surface area contributed by atoms with Crippen molar-refractivity contribution in [1.82, 2.24) is 4.90 Å². The van der Waals surface area contributed by atoms with Gasteiger partial charge in [0.2, 0.25) is 0 Å². The molecule has 1 aromatic carbocycles. The van der Waals surface area contributed by atoms with Crippen LogP contribution in [0.4, 0.5) is 0 Å². The average Bonchev–Trinajstić information content (AvgIpc) is 2.28. The monoisotopic (exact) mass is 217 g/mol. The molecule has 1 N–H and O–H groups in total. The van der Waals surface area contributed by atoms with Gasteiger partial charge in [0.15, 0.2) is 0 Å². The predicted octanol–water partition coefficient (Wildman–Crippen LogP) is 1.09. The number of benzene rings is 1. The van der Waals surface area contributed by atoms with Crippen LogP contribution in [0.1, 0.15) is 20.7 Å². The van der Waals surface area contributed by atoms with Gasteiger partial charge in [-0.15, -0.1) is 6.42 Å². The van der Waals surface area contributed by atoms with E-state index in [2.05, 4.69) is 5.92 Å². The van der Waals surface area contributed by atoms with Gasteiger partial charge in [-0.05, 0) is 18.2 Å². The zero-order valence-corrected chi connectivity index (χ0v) is 8.80. The molecule has 1 amide bonds. The van der Waals surface area contributed by atoms with Crippen molar-refractivity contribution >= 4 is 11.9 Å². The Balaban J connectivity index is 2.97. The molecule has 0 aliphatic heterocycles. The fraction of sp³-hybridized carbons (Fsp3) is 0.167. The van der Waals surface area contributed by atoms with Crippen molar-refractivity contribution in [3.05, 3.63) is 35.4 Å². The van der Waals surface area contributed by atoms with E-state index in [9.17, 15) is 9.59 Å². The summed E-state index contributed by atoms with van der Waals surface area (Å²) in [5.74, 6) is 0.993. The standard InChI is InChI=1S/C12H11NO3/c1-3-7-13(2)11(14)9-5-4-6-10(8-9)12(15)16/h1,4-6,8H,7H2,2H3,(H,15,16). The highest BCUT2D eigenvalue weighted by atomic mass is 16.4. The average molecular weight is 217 g/mol. The summed E-state index contributed by atoms with van der Waals surface area (Å²) in [6, 6.07) is 5.85. The number of carboxylic acid groups (broad SMARTS) is 1. The van der Waals surface area contributed by atoms with Crippen LogP contribution in [-0.4, -0.2) is 35.5 Å². The molecular weight excluding hydrogens is 206 g/mol. The zero-order chi connectivity index (χ0) is 12.1. The van der Waals surface area contributed by atoms with Gasteiger partial charge >= 0.3 is 5.97 Å². The number of hydrogen-bond acceptors (Lipinski definition) is 2. The Labute approximate surface area is 93.5 Å². The number of terminal acetylenes is 1. The first-order valence-electron chi connectivity index (χ1n) is 4.58. The third kappa shape index (κ3) is 2.61. The minimum Gasteiger partial charge on any atom is -0.478 e. The fourth-order valence-corrected chi connectivity index (χ4v) is 1.21. The quantitative estimate of drug-likeness (QED) is 0.771. The molecule has 16 heavy (non-hydrogen) atoms. The number of carbonyl (C=O) groups excluding carboxylic acids is 1. The molecule has 0 radical (unpaired) electrons. The zero-order valence-electron chi connectivity index (χ0n) is 8.80. The van der Waals surface area contributed by atoms with Crippen LogP contribution in [-0.2, 0) is 0 Å². The fourth-order valence-electron chi connectivity index (χ4n) is 1.21. The highest BCUT2D eigenvalue weighted by Gasteiger charge is 2.12. The first-order valence-corrected chi connectivity index (χ1v) is 4.58.